The Kier molecular flexibility index (Phi) is 5.68. The molecule has 20 heavy (non-hydrogen) atoms. The molecule has 1 rings (SSSR count). The maximum absolute atomic E-state index is 12.1. The summed E-state index contributed by atoms with van der Waals surface area (Å²) in [5.41, 5.74) is 5.20. The second-order valence-electron chi connectivity index (χ2n) is 5.81. The third kappa shape index (κ3) is 3.79. The first-order valence-electron chi connectivity index (χ1n) is 6.95. The highest BCUT2D eigenvalue weighted by Gasteiger charge is 2.43. The van der Waals surface area contributed by atoms with E-state index < -0.39 is 18.1 Å². The van der Waals surface area contributed by atoms with Crippen LogP contribution in [0.25, 0.3) is 0 Å². The lowest BCUT2D eigenvalue weighted by Gasteiger charge is -2.26. The number of nitrogens with zero attached hydrogens (tertiary/aromatic N) is 1. The number of rotatable bonds is 6. The van der Waals surface area contributed by atoms with Crippen LogP contribution in [-0.4, -0.2) is 48.3 Å². The average Bonchev–Trinajstić information content (AvgIpc) is 2.76. The zero-order valence-electron chi connectivity index (χ0n) is 12.6. The van der Waals surface area contributed by atoms with Crippen molar-refractivity contribution >= 4 is 17.6 Å². The van der Waals surface area contributed by atoms with E-state index in [1.54, 1.807) is 0 Å². The van der Waals surface area contributed by atoms with Crippen molar-refractivity contribution in [1.82, 2.24) is 4.90 Å². The van der Waals surface area contributed by atoms with Gasteiger partial charge in [0.15, 0.2) is 11.9 Å². The lowest BCUT2D eigenvalue weighted by atomic mass is 9.93. The predicted molar refractivity (Wildman–Crippen MR) is 73.7 cm³/mol. The minimum absolute atomic E-state index is 0.160. The van der Waals surface area contributed by atoms with E-state index in [1.807, 2.05) is 0 Å². The predicted octanol–water partition coefficient (Wildman–Crippen LogP) is 0.339. The van der Waals surface area contributed by atoms with E-state index in [4.69, 9.17) is 10.5 Å². The Morgan fingerprint density at radius 3 is 2.50 bits per heavy atom. The Bertz CT molecular complexity index is 395. The highest BCUT2D eigenvalue weighted by molar-refractivity contribution is 5.98. The van der Waals surface area contributed by atoms with Gasteiger partial charge in [0.05, 0.1) is 0 Å². The van der Waals surface area contributed by atoms with E-state index in [-0.39, 0.29) is 18.3 Å². The molecule has 1 saturated heterocycles. The van der Waals surface area contributed by atoms with Crippen molar-refractivity contribution in [3.05, 3.63) is 0 Å². The van der Waals surface area contributed by atoms with Crippen molar-refractivity contribution in [1.29, 1.82) is 0 Å². The number of primary amides is 1. The Hall–Kier alpha value is -1.43. The van der Waals surface area contributed by atoms with Gasteiger partial charge >= 0.3 is 0 Å². The fourth-order valence-electron chi connectivity index (χ4n) is 2.19. The molecule has 0 saturated carbocycles. The van der Waals surface area contributed by atoms with Gasteiger partial charge in [-0.1, -0.05) is 20.8 Å². The van der Waals surface area contributed by atoms with Crippen LogP contribution in [-0.2, 0) is 19.1 Å². The smallest absolute Gasteiger partial charge is 0.249 e. The third-order valence-electron chi connectivity index (χ3n) is 4.06. The molecule has 1 aliphatic heterocycles. The summed E-state index contributed by atoms with van der Waals surface area (Å²) < 4.78 is 5.06. The first-order chi connectivity index (χ1) is 9.25. The molecule has 1 heterocycles. The number of hydrogen-bond donors (Lipinski definition) is 1. The molecule has 6 nitrogen and oxygen atoms in total. The molecule has 0 bridgehead atoms. The quantitative estimate of drug-likeness (QED) is 0.761. The number of likely N-dealkylation sites (N-methyl/N-ethyl adjacent to an activating group) is 1. The molecule has 1 fully saturated rings. The zero-order valence-corrected chi connectivity index (χ0v) is 12.6. The summed E-state index contributed by atoms with van der Waals surface area (Å²) >= 11 is 0. The maximum Gasteiger partial charge on any atom is 0.249 e. The van der Waals surface area contributed by atoms with Crippen molar-refractivity contribution < 1.29 is 19.1 Å². The summed E-state index contributed by atoms with van der Waals surface area (Å²) in [7, 11) is 1.52. The van der Waals surface area contributed by atoms with Crippen LogP contribution in [0.15, 0.2) is 0 Å². The highest BCUT2D eigenvalue weighted by Crippen LogP contribution is 2.20. The topological polar surface area (TPSA) is 89.7 Å². The molecule has 2 N–H and O–H groups in total. The zero-order chi connectivity index (χ0) is 15.4. The van der Waals surface area contributed by atoms with E-state index in [1.165, 1.54) is 11.9 Å². The average molecular weight is 284 g/mol. The van der Waals surface area contributed by atoms with Crippen molar-refractivity contribution in [3.63, 3.8) is 0 Å². The SMILES string of the molecule is CC(C)C(C)CCC(=O)N(C)C1C(=O)COC1C(N)=O. The molecule has 0 aliphatic carbocycles. The first kappa shape index (κ1) is 16.6. The summed E-state index contributed by atoms with van der Waals surface area (Å²) in [4.78, 5) is 36.4. The number of carbonyl (C=O) groups excluding carboxylic acids is 3. The second-order valence-corrected chi connectivity index (χ2v) is 5.81. The number of amides is 2. The molecule has 2 amide bonds. The van der Waals surface area contributed by atoms with Gasteiger partial charge in [-0.25, -0.2) is 0 Å². The Labute approximate surface area is 119 Å². The van der Waals surface area contributed by atoms with Crippen molar-refractivity contribution in [2.75, 3.05) is 13.7 Å². The number of ketones is 1. The van der Waals surface area contributed by atoms with E-state index in [2.05, 4.69) is 20.8 Å². The summed E-state index contributed by atoms with van der Waals surface area (Å²) in [5, 5.41) is 0. The molecule has 3 unspecified atom stereocenters. The Morgan fingerprint density at radius 2 is 2.00 bits per heavy atom. The number of ether oxygens (including phenoxy) is 1. The minimum atomic E-state index is -1.03. The molecular weight excluding hydrogens is 260 g/mol. The van der Waals surface area contributed by atoms with Gasteiger partial charge in [0.2, 0.25) is 11.8 Å². The third-order valence-corrected chi connectivity index (χ3v) is 4.06. The Morgan fingerprint density at radius 1 is 1.40 bits per heavy atom. The fourth-order valence-corrected chi connectivity index (χ4v) is 2.19. The first-order valence-corrected chi connectivity index (χ1v) is 6.95. The normalized spacial score (nSPS) is 23.9. The molecular formula is C14H24N2O4. The number of nitrogens with two attached hydrogens (primary N) is 1. The van der Waals surface area contributed by atoms with Gasteiger partial charge in [-0.05, 0) is 18.3 Å². The van der Waals surface area contributed by atoms with Gasteiger partial charge in [-0.2, -0.15) is 0 Å². The van der Waals surface area contributed by atoms with Crippen LogP contribution in [0.5, 0.6) is 0 Å². The van der Waals surface area contributed by atoms with Gasteiger partial charge in [0.1, 0.15) is 12.6 Å². The van der Waals surface area contributed by atoms with Gasteiger partial charge in [0.25, 0.3) is 0 Å². The van der Waals surface area contributed by atoms with Gasteiger partial charge in [-0.3, -0.25) is 14.4 Å². The number of Topliss-reactive ketones (excluding diaryl/α,β-unsaturated/α-hetero) is 1. The van der Waals surface area contributed by atoms with Gasteiger partial charge in [0, 0.05) is 13.5 Å². The van der Waals surface area contributed by atoms with E-state index >= 15 is 0 Å². The van der Waals surface area contributed by atoms with Crippen molar-refractivity contribution in [3.8, 4) is 0 Å². The fraction of sp³-hybridized carbons (Fsp3) is 0.786. The van der Waals surface area contributed by atoms with Crippen LogP contribution < -0.4 is 5.73 Å². The summed E-state index contributed by atoms with van der Waals surface area (Å²) in [6, 6.07) is -0.880. The minimum Gasteiger partial charge on any atom is -0.367 e. The second kappa shape index (κ2) is 6.83. The molecule has 0 aromatic carbocycles. The largest absolute Gasteiger partial charge is 0.367 e. The molecule has 6 heteroatoms. The lowest BCUT2D eigenvalue weighted by Crippen LogP contribution is -2.50. The summed E-state index contributed by atoms with van der Waals surface area (Å²) in [5.74, 6) is -0.219. The molecule has 0 radical (unpaired) electrons. The van der Waals surface area contributed by atoms with Gasteiger partial charge in [-0.15, -0.1) is 0 Å². The monoisotopic (exact) mass is 284 g/mol. The van der Waals surface area contributed by atoms with Crippen LogP contribution in [0.1, 0.15) is 33.6 Å². The van der Waals surface area contributed by atoms with E-state index in [0.717, 1.165) is 6.42 Å². The van der Waals surface area contributed by atoms with Crippen LogP contribution in [0.3, 0.4) is 0 Å². The standard InChI is InChI=1S/C14H24N2O4/c1-8(2)9(3)5-6-11(18)16(4)12-10(17)7-20-13(12)14(15)19/h8-9,12-13H,5-7H2,1-4H3,(H2,15,19). The van der Waals surface area contributed by atoms with Gasteiger partial charge < -0.3 is 15.4 Å². The molecule has 0 spiro atoms. The van der Waals surface area contributed by atoms with Crippen molar-refractivity contribution in [2.45, 2.75) is 45.8 Å². The number of carbonyl (C=O) groups is 3. The van der Waals surface area contributed by atoms with Crippen LogP contribution in [0, 0.1) is 11.8 Å². The highest BCUT2D eigenvalue weighted by atomic mass is 16.5. The maximum atomic E-state index is 12.1. The van der Waals surface area contributed by atoms with E-state index in [0.29, 0.717) is 18.3 Å². The Balaban J connectivity index is 2.63. The van der Waals surface area contributed by atoms with Crippen molar-refractivity contribution in [2.24, 2.45) is 17.6 Å². The molecule has 0 aromatic heterocycles. The lowest BCUT2D eigenvalue weighted by molar-refractivity contribution is -0.139. The van der Waals surface area contributed by atoms with E-state index in [9.17, 15) is 14.4 Å². The molecule has 114 valence electrons. The molecule has 3 atom stereocenters. The number of hydrogen-bond acceptors (Lipinski definition) is 4. The molecule has 0 aromatic rings. The summed E-state index contributed by atoms with van der Waals surface area (Å²) in [6.07, 6.45) is 0.0774. The molecule has 1 aliphatic rings. The van der Waals surface area contributed by atoms with Crippen LogP contribution in [0.4, 0.5) is 0 Å². The van der Waals surface area contributed by atoms with Crippen LogP contribution in [0.2, 0.25) is 0 Å². The van der Waals surface area contributed by atoms with Crippen LogP contribution >= 0.6 is 0 Å². The summed E-state index contributed by atoms with van der Waals surface area (Å²) in [6.45, 7) is 6.14.